The van der Waals surface area contributed by atoms with Crippen LogP contribution in [0.15, 0.2) is 36.5 Å². The van der Waals surface area contributed by atoms with Crippen LogP contribution in [0.25, 0.3) is 0 Å². The van der Waals surface area contributed by atoms with E-state index in [-0.39, 0.29) is 18.5 Å². The van der Waals surface area contributed by atoms with Crippen molar-refractivity contribution in [3.63, 3.8) is 0 Å². The Kier molecular flexibility index (Phi) is 48.1. The number of allylic oxidation sites excluding steroid dienone is 6. The number of hydrogen-bond donors (Lipinski definition) is 3. The Morgan fingerprint density at radius 2 is 0.850 bits per heavy atom. The van der Waals surface area contributed by atoms with E-state index in [4.69, 9.17) is 4.74 Å². The highest BCUT2D eigenvalue weighted by Gasteiger charge is 2.20. The molecule has 2 atom stereocenters. The lowest BCUT2D eigenvalue weighted by Gasteiger charge is -2.22. The van der Waals surface area contributed by atoms with E-state index in [0.29, 0.717) is 25.9 Å². The van der Waals surface area contributed by atoms with Crippen molar-refractivity contribution < 1.29 is 24.5 Å². The molecule has 1 amide bonds. The summed E-state index contributed by atoms with van der Waals surface area (Å²) in [6.07, 6.45) is 59.9. The molecule has 0 heterocycles. The van der Waals surface area contributed by atoms with Crippen molar-refractivity contribution in [1.82, 2.24) is 5.32 Å². The fourth-order valence-corrected chi connectivity index (χ4v) is 7.83. The third-order valence-corrected chi connectivity index (χ3v) is 11.9. The average molecular weight is 844 g/mol. The summed E-state index contributed by atoms with van der Waals surface area (Å²) in [6.45, 7) is 4.87. The van der Waals surface area contributed by atoms with E-state index < -0.39 is 12.1 Å². The summed E-state index contributed by atoms with van der Waals surface area (Å²) < 4.78 is 5.44. The minimum Gasteiger partial charge on any atom is -0.466 e. The van der Waals surface area contributed by atoms with Gasteiger partial charge in [-0.05, 0) is 77.0 Å². The molecule has 0 aliphatic heterocycles. The second-order valence-electron chi connectivity index (χ2n) is 17.8. The van der Waals surface area contributed by atoms with Crippen LogP contribution in [0.5, 0.6) is 0 Å². The van der Waals surface area contributed by atoms with E-state index in [1.165, 1.54) is 173 Å². The van der Waals surface area contributed by atoms with Crippen molar-refractivity contribution in [2.24, 2.45) is 0 Å². The number of carbonyl (C=O) groups is 2. The average Bonchev–Trinajstić information content (AvgIpc) is 3.25. The zero-order valence-electron chi connectivity index (χ0n) is 39.9. The van der Waals surface area contributed by atoms with Crippen molar-refractivity contribution in [3.8, 4) is 0 Å². The number of aliphatic hydroxyl groups is 2. The van der Waals surface area contributed by atoms with Crippen LogP contribution in [0.1, 0.15) is 271 Å². The smallest absolute Gasteiger partial charge is 0.305 e. The van der Waals surface area contributed by atoms with Crippen molar-refractivity contribution in [2.75, 3.05) is 13.2 Å². The Morgan fingerprint density at radius 3 is 1.33 bits per heavy atom. The Morgan fingerprint density at radius 1 is 0.467 bits per heavy atom. The van der Waals surface area contributed by atoms with Gasteiger partial charge in [-0.3, -0.25) is 9.59 Å². The Labute approximate surface area is 373 Å². The Hall–Kier alpha value is -1.92. The molecule has 60 heavy (non-hydrogen) atoms. The summed E-state index contributed by atoms with van der Waals surface area (Å²) in [7, 11) is 0. The predicted octanol–water partition coefficient (Wildman–Crippen LogP) is 15.7. The van der Waals surface area contributed by atoms with E-state index in [2.05, 4.69) is 55.6 Å². The van der Waals surface area contributed by atoms with Crippen molar-refractivity contribution in [2.45, 2.75) is 283 Å². The minimum atomic E-state index is -0.668. The van der Waals surface area contributed by atoms with E-state index in [9.17, 15) is 19.8 Å². The molecule has 6 nitrogen and oxygen atoms in total. The lowest BCUT2D eigenvalue weighted by molar-refractivity contribution is -0.143. The topological polar surface area (TPSA) is 95.9 Å². The first-order valence-electron chi connectivity index (χ1n) is 26.2. The zero-order valence-corrected chi connectivity index (χ0v) is 39.9. The maximum absolute atomic E-state index is 12.4. The third kappa shape index (κ3) is 45.6. The molecule has 6 heteroatoms. The SMILES string of the molecule is CCCC/C=C\CCCCCCCC(=O)OCCCCCCCCCCC/C=C\C/C=C\CCCCCCCCCC(=O)NC(CO)C(O)CCCCCCCCCCC. The molecule has 0 aromatic carbocycles. The van der Waals surface area contributed by atoms with Crippen LogP contribution < -0.4 is 5.32 Å². The lowest BCUT2D eigenvalue weighted by atomic mass is 10.0. The molecule has 0 saturated heterocycles. The fraction of sp³-hybridized carbons (Fsp3) is 0.852. The number of unbranched alkanes of at least 4 members (excludes halogenated alkanes) is 31. The highest BCUT2D eigenvalue weighted by molar-refractivity contribution is 5.76. The molecule has 0 rings (SSSR count). The molecule has 0 saturated carbocycles. The van der Waals surface area contributed by atoms with E-state index in [0.717, 1.165) is 64.2 Å². The van der Waals surface area contributed by atoms with Crippen LogP contribution in [-0.2, 0) is 14.3 Å². The standard InChI is InChI=1S/C54H101NO5/c1-3-5-7-9-11-13-27-32-36-40-44-48-54(59)60-49-45-41-37-33-29-26-24-22-20-18-16-14-15-17-19-21-23-25-28-31-35-39-43-47-53(58)55-51(50-56)52(57)46-42-38-34-30-12-10-8-6-4-2/h9,11,14,16-17,19,51-52,56-57H,3-8,10,12-13,15,18,20-50H2,1-2H3,(H,55,58)/b11-9-,16-14-,19-17-. The first-order valence-corrected chi connectivity index (χ1v) is 26.2. The molecule has 0 aromatic rings. The molecule has 0 aliphatic carbocycles. The minimum absolute atomic E-state index is 0.00483. The first kappa shape index (κ1) is 58.1. The highest BCUT2D eigenvalue weighted by Crippen LogP contribution is 2.15. The molecule has 0 aromatic heterocycles. The summed E-state index contributed by atoms with van der Waals surface area (Å²) in [4.78, 5) is 24.3. The third-order valence-electron chi connectivity index (χ3n) is 11.9. The molecule has 352 valence electrons. The monoisotopic (exact) mass is 844 g/mol. The maximum Gasteiger partial charge on any atom is 0.305 e. The Bertz CT molecular complexity index is 977. The van der Waals surface area contributed by atoms with Gasteiger partial charge in [0.1, 0.15) is 0 Å². The second kappa shape index (κ2) is 49.7. The largest absolute Gasteiger partial charge is 0.466 e. The summed E-state index contributed by atoms with van der Waals surface area (Å²) in [5.74, 6) is -0.0535. The van der Waals surface area contributed by atoms with Gasteiger partial charge in [-0.25, -0.2) is 0 Å². The van der Waals surface area contributed by atoms with E-state index in [1.54, 1.807) is 0 Å². The van der Waals surface area contributed by atoms with Gasteiger partial charge in [-0.2, -0.15) is 0 Å². The fourth-order valence-electron chi connectivity index (χ4n) is 7.83. The normalized spacial score (nSPS) is 12.9. The second-order valence-corrected chi connectivity index (χ2v) is 17.8. The number of rotatable bonds is 48. The van der Waals surface area contributed by atoms with Gasteiger partial charge in [-0.15, -0.1) is 0 Å². The van der Waals surface area contributed by atoms with Gasteiger partial charge < -0.3 is 20.3 Å². The number of aliphatic hydroxyl groups excluding tert-OH is 2. The van der Waals surface area contributed by atoms with E-state index >= 15 is 0 Å². The molecular formula is C54H101NO5. The highest BCUT2D eigenvalue weighted by atomic mass is 16.5. The van der Waals surface area contributed by atoms with Crippen LogP contribution in [0.2, 0.25) is 0 Å². The van der Waals surface area contributed by atoms with Crippen LogP contribution in [-0.4, -0.2) is 47.4 Å². The molecule has 3 N–H and O–H groups in total. The quantitative estimate of drug-likeness (QED) is 0.0322. The molecule has 0 spiro atoms. The number of carbonyl (C=O) groups excluding carboxylic acids is 2. The molecule has 0 radical (unpaired) electrons. The summed E-state index contributed by atoms with van der Waals surface area (Å²) in [5.41, 5.74) is 0. The van der Waals surface area contributed by atoms with Crippen molar-refractivity contribution in [1.29, 1.82) is 0 Å². The van der Waals surface area contributed by atoms with Gasteiger partial charge in [0.05, 0.1) is 25.4 Å². The van der Waals surface area contributed by atoms with Gasteiger partial charge in [0.15, 0.2) is 0 Å². The van der Waals surface area contributed by atoms with Gasteiger partial charge in [-0.1, -0.05) is 217 Å². The molecular weight excluding hydrogens is 743 g/mol. The number of esters is 1. The maximum atomic E-state index is 12.4. The van der Waals surface area contributed by atoms with Crippen LogP contribution in [0.4, 0.5) is 0 Å². The van der Waals surface area contributed by atoms with Crippen LogP contribution >= 0.6 is 0 Å². The molecule has 0 bridgehead atoms. The van der Waals surface area contributed by atoms with Crippen molar-refractivity contribution in [3.05, 3.63) is 36.5 Å². The summed E-state index contributed by atoms with van der Waals surface area (Å²) >= 11 is 0. The summed E-state index contributed by atoms with van der Waals surface area (Å²) in [5, 5.41) is 23.1. The summed E-state index contributed by atoms with van der Waals surface area (Å²) in [6, 6.07) is -0.547. The van der Waals surface area contributed by atoms with Crippen LogP contribution in [0, 0.1) is 0 Å². The zero-order chi connectivity index (χ0) is 43.7. The van der Waals surface area contributed by atoms with Gasteiger partial charge >= 0.3 is 5.97 Å². The van der Waals surface area contributed by atoms with Gasteiger partial charge in [0, 0.05) is 12.8 Å². The predicted molar refractivity (Wildman–Crippen MR) is 259 cm³/mol. The van der Waals surface area contributed by atoms with Crippen molar-refractivity contribution >= 4 is 11.9 Å². The molecule has 0 fully saturated rings. The van der Waals surface area contributed by atoms with Crippen LogP contribution in [0.3, 0.4) is 0 Å². The number of ether oxygens (including phenoxy) is 1. The van der Waals surface area contributed by atoms with Gasteiger partial charge in [0.25, 0.3) is 0 Å². The lowest BCUT2D eigenvalue weighted by Crippen LogP contribution is -2.45. The molecule has 0 aliphatic rings. The number of nitrogens with one attached hydrogen (secondary N) is 1. The Balaban J connectivity index is 3.44. The molecule has 2 unspecified atom stereocenters. The number of hydrogen-bond acceptors (Lipinski definition) is 5. The van der Waals surface area contributed by atoms with E-state index in [1.807, 2.05) is 0 Å². The number of amides is 1. The van der Waals surface area contributed by atoms with Gasteiger partial charge in [0.2, 0.25) is 5.91 Å². The first-order chi connectivity index (χ1) is 29.5.